The summed E-state index contributed by atoms with van der Waals surface area (Å²) in [6.07, 6.45) is 2.30. The lowest BCUT2D eigenvalue weighted by molar-refractivity contribution is -0.118. The average molecular weight is 280 g/mol. The molecule has 0 radical (unpaired) electrons. The van der Waals surface area contributed by atoms with Crippen molar-refractivity contribution in [3.63, 3.8) is 0 Å². The molecule has 0 aromatic heterocycles. The fourth-order valence-electron chi connectivity index (χ4n) is 2.02. The van der Waals surface area contributed by atoms with E-state index in [1.165, 1.54) is 0 Å². The fourth-order valence-corrected chi connectivity index (χ4v) is 3.08. The number of piperidine rings is 1. The van der Waals surface area contributed by atoms with Crippen molar-refractivity contribution < 1.29 is 9.90 Å². The van der Waals surface area contributed by atoms with E-state index in [-0.39, 0.29) is 11.7 Å². The van der Waals surface area contributed by atoms with Gasteiger partial charge in [0.2, 0.25) is 5.91 Å². The van der Waals surface area contributed by atoms with E-state index in [0.29, 0.717) is 17.5 Å². The van der Waals surface area contributed by atoms with Gasteiger partial charge in [-0.25, -0.2) is 0 Å². The molecule has 1 aliphatic rings. The quantitative estimate of drug-likeness (QED) is 0.765. The summed E-state index contributed by atoms with van der Waals surface area (Å²) in [7, 11) is 0. The first kappa shape index (κ1) is 14.2. The Morgan fingerprint density at radius 3 is 2.68 bits per heavy atom. The van der Waals surface area contributed by atoms with Crippen LogP contribution in [0.2, 0.25) is 0 Å². The zero-order valence-electron chi connectivity index (χ0n) is 10.9. The molecule has 1 heterocycles. The Morgan fingerprint density at radius 2 is 2.00 bits per heavy atom. The Labute approximate surface area is 118 Å². The summed E-state index contributed by atoms with van der Waals surface area (Å²) in [5.74, 6) is 0.857. The van der Waals surface area contributed by atoms with Gasteiger partial charge in [-0.3, -0.25) is 4.79 Å². The van der Waals surface area contributed by atoms with Gasteiger partial charge in [0.1, 0.15) is 5.75 Å². The number of rotatable bonds is 5. The molecule has 0 aliphatic carbocycles. The van der Waals surface area contributed by atoms with Crippen LogP contribution in [0.5, 0.6) is 5.75 Å². The third-order valence-electron chi connectivity index (χ3n) is 3.16. The highest BCUT2D eigenvalue weighted by Gasteiger charge is 2.14. The number of benzene rings is 1. The van der Waals surface area contributed by atoms with Crippen LogP contribution in [0.15, 0.2) is 24.3 Å². The molecular formula is C14H20N2O2S. The SMILES string of the molecule is O=C(CSC1CCNCC1)NCc1ccc(O)cc1. The molecule has 1 fully saturated rings. The molecule has 3 N–H and O–H groups in total. The van der Waals surface area contributed by atoms with Crippen molar-refractivity contribution in [3.05, 3.63) is 29.8 Å². The van der Waals surface area contributed by atoms with Gasteiger partial charge in [-0.15, -0.1) is 11.8 Å². The normalized spacial score (nSPS) is 16.2. The molecule has 0 atom stereocenters. The first-order chi connectivity index (χ1) is 9.24. The molecule has 1 amide bonds. The number of hydrogen-bond acceptors (Lipinski definition) is 4. The van der Waals surface area contributed by atoms with Gasteiger partial charge in [0.25, 0.3) is 0 Å². The zero-order chi connectivity index (χ0) is 13.5. The standard InChI is InChI=1S/C14H20N2O2S/c17-12-3-1-11(2-4-12)9-16-14(18)10-19-13-5-7-15-8-6-13/h1-4,13,15,17H,5-10H2,(H,16,18). The second kappa shape index (κ2) is 7.40. The van der Waals surface area contributed by atoms with Crippen LogP contribution in [0.1, 0.15) is 18.4 Å². The van der Waals surface area contributed by atoms with E-state index < -0.39 is 0 Å². The molecule has 1 aromatic carbocycles. The first-order valence-corrected chi connectivity index (χ1v) is 7.66. The minimum atomic E-state index is 0.0802. The molecule has 5 heteroatoms. The molecule has 4 nitrogen and oxygen atoms in total. The van der Waals surface area contributed by atoms with Crippen molar-refractivity contribution in [2.75, 3.05) is 18.8 Å². The zero-order valence-corrected chi connectivity index (χ0v) is 11.7. The molecule has 2 rings (SSSR count). The number of carbonyl (C=O) groups excluding carboxylic acids is 1. The second-order valence-corrected chi connectivity index (χ2v) is 5.99. The highest BCUT2D eigenvalue weighted by Crippen LogP contribution is 2.19. The molecule has 0 saturated carbocycles. The number of thioether (sulfide) groups is 1. The molecule has 19 heavy (non-hydrogen) atoms. The number of aromatic hydroxyl groups is 1. The predicted octanol–water partition coefficient (Wildman–Crippen LogP) is 1.49. The van der Waals surface area contributed by atoms with E-state index in [4.69, 9.17) is 5.11 Å². The van der Waals surface area contributed by atoms with Gasteiger partial charge in [0.15, 0.2) is 0 Å². The lowest BCUT2D eigenvalue weighted by Crippen LogP contribution is -2.31. The lowest BCUT2D eigenvalue weighted by atomic mass is 10.2. The van der Waals surface area contributed by atoms with Crippen LogP contribution in [0, 0.1) is 0 Å². The fraction of sp³-hybridized carbons (Fsp3) is 0.500. The highest BCUT2D eigenvalue weighted by atomic mass is 32.2. The van der Waals surface area contributed by atoms with Gasteiger partial charge in [0.05, 0.1) is 5.75 Å². The summed E-state index contributed by atoms with van der Waals surface area (Å²) < 4.78 is 0. The molecule has 1 saturated heterocycles. The van der Waals surface area contributed by atoms with Crippen LogP contribution in [0.25, 0.3) is 0 Å². The van der Waals surface area contributed by atoms with Gasteiger partial charge in [-0.05, 0) is 43.6 Å². The van der Waals surface area contributed by atoms with Crippen molar-refractivity contribution >= 4 is 17.7 Å². The maximum atomic E-state index is 11.7. The van der Waals surface area contributed by atoms with Crippen LogP contribution in [0.3, 0.4) is 0 Å². The first-order valence-electron chi connectivity index (χ1n) is 6.61. The summed E-state index contributed by atoms with van der Waals surface area (Å²) in [6, 6.07) is 6.89. The van der Waals surface area contributed by atoms with Crippen molar-refractivity contribution in [1.29, 1.82) is 0 Å². The van der Waals surface area contributed by atoms with E-state index in [1.807, 2.05) is 12.1 Å². The summed E-state index contributed by atoms with van der Waals surface area (Å²) in [5, 5.41) is 16.0. The maximum absolute atomic E-state index is 11.7. The Morgan fingerprint density at radius 1 is 1.32 bits per heavy atom. The molecule has 0 spiro atoms. The summed E-state index contributed by atoms with van der Waals surface area (Å²) in [6.45, 7) is 2.64. The number of amides is 1. The van der Waals surface area contributed by atoms with E-state index in [0.717, 1.165) is 31.5 Å². The average Bonchev–Trinajstić information content (AvgIpc) is 2.45. The van der Waals surface area contributed by atoms with Gasteiger partial charge in [0, 0.05) is 11.8 Å². The second-order valence-electron chi connectivity index (χ2n) is 4.70. The predicted molar refractivity (Wildman–Crippen MR) is 78.3 cm³/mol. The molecule has 1 aliphatic heterocycles. The minimum Gasteiger partial charge on any atom is -0.508 e. The van der Waals surface area contributed by atoms with Crippen LogP contribution >= 0.6 is 11.8 Å². The number of hydrogen-bond donors (Lipinski definition) is 3. The summed E-state index contributed by atoms with van der Waals surface area (Å²) in [4.78, 5) is 11.7. The minimum absolute atomic E-state index is 0.0802. The van der Waals surface area contributed by atoms with Crippen molar-refractivity contribution in [2.24, 2.45) is 0 Å². The molecule has 0 bridgehead atoms. The van der Waals surface area contributed by atoms with Crippen LogP contribution in [-0.2, 0) is 11.3 Å². The third-order valence-corrected chi connectivity index (χ3v) is 4.53. The van der Waals surface area contributed by atoms with Crippen LogP contribution in [-0.4, -0.2) is 35.1 Å². The topological polar surface area (TPSA) is 61.4 Å². The van der Waals surface area contributed by atoms with Crippen molar-refractivity contribution in [1.82, 2.24) is 10.6 Å². The van der Waals surface area contributed by atoms with Crippen LogP contribution < -0.4 is 10.6 Å². The molecule has 0 unspecified atom stereocenters. The Kier molecular flexibility index (Phi) is 5.54. The maximum Gasteiger partial charge on any atom is 0.230 e. The highest BCUT2D eigenvalue weighted by molar-refractivity contribution is 8.00. The Balaban J connectivity index is 1.65. The van der Waals surface area contributed by atoms with Crippen molar-refractivity contribution in [3.8, 4) is 5.75 Å². The Hall–Kier alpha value is -1.20. The molecule has 1 aromatic rings. The van der Waals surface area contributed by atoms with Gasteiger partial charge in [-0.2, -0.15) is 0 Å². The summed E-state index contributed by atoms with van der Waals surface area (Å²) >= 11 is 1.75. The Bertz CT molecular complexity index is 402. The van der Waals surface area contributed by atoms with Gasteiger partial charge in [-0.1, -0.05) is 12.1 Å². The molecular weight excluding hydrogens is 260 g/mol. The van der Waals surface area contributed by atoms with Gasteiger partial charge >= 0.3 is 0 Å². The number of phenols is 1. The van der Waals surface area contributed by atoms with E-state index >= 15 is 0 Å². The smallest absolute Gasteiger partial charge is 0.230 e. The van der Waals surface area contributed by atoms with Gasteiger partial charge < -0.3 is 15.7 Å². The van der Waals surface area contributed by atoms with Crippen LogP contribution in [0.4, 0.5) is 0 Å². The van der Waals surface area contributed by atoms with E-state index in [1.54, 1.807) is 23.9 Å². The van der Waals surface area contributed by atoms with Crippen molar-refractivity contribution in [2.45, 2.75) is 24.6 Å². The number of phenolic OH excluding ortho intramolecular Hbond substituents is 1. The largest absolute Gasteiger partial charge is 0.508 e. The van der Waals surface area contributed by atoms with E-state index in [9.17, 15) is 4.79 Å². The third kappa shape index (κ3) is 5.12. The number of nitrogens with one attached hydrogen (secondary N) is 2. The van der Waals surface area contributed by atoms with E-state index in [2.05, 4.69) is 10.6 Å². The summed E-state index contributed by atoms with van der Waals surface area (Å²) in [5.41, 5.74) is 0.998. The monoisotopic (exact) mass is 280 g/mol. The lowest BCUT2D eigenvalue weighted by Gasteiger charge is -2.21. The molecule has 104 valence electrons. The number of carbonyl (C=O) groups is 1.